The van der Waals surface area contributed by atoms with Crippen LogP contribution in [0.5, 0.6) is 0 Å². The van der Waals surface area contributed by atoms with E-state index in [9.17, 15) is 4.79 Å². The molecule has 0 saturated carbocycles. The highest BCUT2D eigenvalue weighted by atomic mass is 32.1. The maximum Gasteiger partial charge on any atom is 0.341 e. The number of nitrogens with zero attached hydrogens (tertiary/aromatic N) is 5. The Kier molecular flexibility index (Phi) is 4.21. The fraction of sp³-hybridized carbons (Fsp3) is 0.235. The summed E-state index contributed by atoms with van der Waals surface area (Å²) in [5.74, 6) is 0.726. The van der Waals surface area contributed by atoms with Gasteiger partial charge in [0.05, 0.1) is 23.2 Å². The normalized spacial score (nSPS) is 11.3. The third-order valence-electron chi connectivity index (χ3n) is 3.74. The average molecular weight is 369 g/mol. The van der Waals surface area contributed by atoms with E-state index in [1.165, 1.54) is 23.9 Å². The highest BCUT2D eigenvalue weighted by molar-refractivity contribution is 7.13. The van der Waals surface area contributed by atoms with Crippen LogP contribution >= 0.6 is 11.3 Å². The van der Waals surface area contributed by atoms with Crippen LogP contribution in [0.4, 0.5) is 0 Å². The Labute approximate surface area is 152 Å². The maximum absolute atomic E-state index is 12.6. The monoisotopic (exact) mass is 369 g/mol. The summed E-state index contributed by atoms with van der Waals surface area (Å²) in [5.41, 5.74) is 1.75. The zero-order valence-corrected chi connectivity index (χ0v) is 14.9. The molecule has 0 bridgehead atoms. The number of carbonyl (C=O) groups excluding carboxylic acids is 1. The number of hydrogen-bond donors (Lipinski definition) is 0. The van der Waals surface area contributed by atoms with Crippen LogP contribution in [0.2, 0.25) is 0 Å². The number of esters is 1. The minimum atomic E-state index is -0.467. The number of hydrogen-bond acceptors (Lipinski definition) is 8. The van der Waals surface area contributed by atoms with Gasteiger partial charge in [0.1, 0.15) is 12.9 Å². The quantitative estimate of drug-likeness (QED) is 0.498. The van der Waals surface area contributed by atoms with Crippen LogP contribution in [0.1, 0.15) is 41.5 Å². The van der Waals surface area contributed by atoms with E-state index in [-0.39, 0.29) is 12.5 Å². The van der Waals surface area contributed by atoms with Crippen molar-refractivity contribution in [1.29, 1.82) is 0 Å². The third-order valence-corrected chi connectivity index (χ3v) is 4.65. The van der Waals surface area contributed by atoms with Crippen LogP contribution in [-0.4, -0.2) is 30.5 Å². The molecule has 0 atom stereocenters. The van der Waals surface area contributed by atoms with Gasteiger partial charge in [-0.2, -0.15) is 10.1 Å². The van der Waals surface area contributed by atoms with Crippen molar-refractivity contribution in [2.24, 2.45) is 0 Å². The van der Waals surface area contributed by atoms with Crippen molar-refractivity contribution in [2.75, 3.05) is 0 Å². The van der Waals surface area contributed by atoms with E-state index >= 15 is 0 Å². The third kappa shape index (κ3) is 2.97. The molecule has 0 aliphatic heterocycles. The standard InChI is InChI=1S/C17H15N5O3S/c1-10(2)14-12(6-18-17-19-9-20-22(14)17)16(23)25-7-11-8-26-15(21-11)13-4-3-5-24-13/h3-6,8-10H,7H2,1-2H3. The summed E-state index contributed by atoms with van der Waals surface area (Å²) in [4.78, 5) is 25.2. The second-order valence-corrected chi connectivity index (χ2v) is 6.74. The molecule has 0 amide bonds. The maximum atomic E-state index is 12.6. The lowest BCUT2D eigenvalue weighted by atomic mass is 10.1. The lowest BCUT2D eigenvalue weighted by Gasteiger charge is -2.12. The molecule has 0 aliphatic carbocycles. The van der Waals surface area contributed by atoms with Gasteiger partial charge in [-0.3, -0.25) is 0 Å². The summed E-state index contributed by atoms with van der Waals surface area (Å²) in [6.45, 7) is 4.02. The van der Waals surface area contributed by atoms with Crippen LogP contribution in [0.25, 0.3) is 16.5 Å². The highest BCUT2D eigenvalue weighted by Crippen LogP contribution is 2.25. The predicted octanol–water partition coefficient (Wildman–Crippen LogP) is 3.32. The van der Waals surface area contributed by atoms with Gasteiger partial charge in [-0.15, -0.1) is 11.3 Å². The Balaban J connectivity index is 1.54. The van der Waals surface area contributed by atoms with Crippen LogP contribution in [0.15, 0.2) is 40.7 Å². The average Bonchev–Trinajstić information content (AvgIpc) is 3.39. The molecule has 0 unspecified atom stereocenters. The first-order chi connectivity index (χ1) is 12.6. The van der Waals surface area contributed by atoms with Crippen LogP contribution in [0, 0.1) is 0 Å². The Morgan fingerprint density at radius 2 is 2.27 bits per heavy atom. The first-order valence-corrected chi connectivity index (χ1v) is 8.85. The number of thiazole rings is 1. The van der Waals surface area contributed by atoms with Crippen molar-refractivity contribution < 1.29 is 13.9 Å². The molecule has 0 saturated heterocycles. The fourth-order valence-electron chi connectivity index (χ4n) is 2.61. The van der Waals surface area contributed by atoms with E-state index < -0.39 is 5.97 Å². The Morgan fingerprint density at radius 1 is 1.38 bits per heavy atom. The lowest BCUT2D eigenvalue weighted by Crippen LogP contribution is -2.14. The molecule has 26 heavy (non-hydrogen) atoms. The van der Waals surface area contributed by atoms with Gasteiger partial charge in [-0.1, -0.05) is 13.8 Å². The van der Waals surface area contributed by atoms with Crippen molar-refractivity contribution in [2.45, 2.75) is 26.4 Å². The first kappa shape index (κ1) is 16.4. The summed E-state index contributed by atoms with van der Waals surface area (Å²) >= 11 is 1.43. The summed E-state index contributed by atoms with van der Waals surface area (Å²) in [6, 6.07) is 3.64. The van der Waals surface area contributed by atoms with Gasteiger partial charge in [0, 0.05) is 11.6 Å². The number of fused-ring (bicyclic) bond motifs is 1. The first-order valence-electron chi connectivity index (χ1n) is 7.97. The molecule has 0 radical (unpaired) electrons. The molecular weight excluding hydrogens is 354 g/mol. The molecular formula is C17H15N5O3S. The van der Waals surface area contributed by atoms with Crippen molar-refractivity contribution >= 4 is 23.1 Å². The molecule has 0 fully saturated rings. The van der Waals surface area contributed by atoms with Crippen LogP contribution < -0.4 is 0 Å². The van der Waals surface area contributed by atoms with Gasteiger partial charge in [-0.05, 0) is 18.1 Å². The van der Waals surface area contributed by atoms with E-state index in [4.69, 9.17) is 9.15 Å². The number of rotatable bonds is 5. The minimum absolute atomic E-state index is 0.0505. The molecule has 0 N–H and O–H groups in total. The Morgan fingerprint density at radius 3 is 3.04 bits per heavy atom. The van der Waals surface area contributed by atoms with Crippen molar-refractivity contribution in [3.63, 3.8) is 0 Å². The molecule has 9 heteroatoms. The molecule has 4 rings (SSSR count). The Bertz CT molecular complexity index is 1050. The topological polar surface area (TPSA) is 95.4 Å². The smallest absolute Gasteiger partial charge is 0.341 e. The minimum Gasteiger partial charge on any atom is -0.462 e. The molecule has 4 aromatic rings. The number of aromatic nitrogens is 5. The summed E-state index contributed by atoms with van der Waals surface area (Å²) in [6.07, 6.45) is 4.49. The van der Waals surface area contributed by atoms with Gasteiger partial charge < -0.3 is 9.15 Å². The van der Waals surface area contributed by atoms with Gasteiger partial charge in [-0.25, -0.2) is 19.3 Å². The molecule has 4 heterocycles. The second-order valence-electron chi connectivity index (χ2n) is 5.88. The second kappa shape index (κ2) is 6.68. The zero-order valence-electron chi connectivity index (χ0n) is 14.1. The predicted molar refractivity (Wildman–Crippen MR) is 93.8 cm³/mol. The number of carbonyl (C=O) groups is 1. The van der Waals surface area contributed by atoms with E-state index in [0.717, 1.165) is 5.01 Å². The number of furan rings is 1. The fourth-order valence-corrected chi connectivity index (χ4v) is 3.38. The number of ether oxygens (including phenoxy) is 1. The lowest BCUT2D eigenvalue weighted by molar-refractivity contribution is 0.0465. The molecule has 0 aromatic carbocycles. The summed E-state index contributed by atoms with van der Waals surface area (Å²) in [5, 5.41) is 6.73. The van der Waals surface area contributed by atoms with E-state index in [1.54, 1.807) is 16.8 Å². The SMILES string of the molecule is CC(C)c1c(C(=O)OCc2csc(-c3ccco3)n2)cnc2ncnn12. The van der Waals surface area contributed by atoms with E-state index in [2.05, 4.69) is 20.1 Å². The molecule has 0 spiro atoms. The van der Waals surface area contributed by atoms with Crippen molar-refractivity contribution in [1.82, 2.24) is 24.6 Å². The van der Waals surface area contributed by atoms with E-state index in [1.807, 2.05) is 25.3 Å². The summed E-state index contributed by atoms with van der Waals surface area (Å²) in [7, 11) is 0. The van der Waals surface area contributed by atoms with Crippen molar-refractivity contribution in [3.8, 4) is 10.8 Å². The van der Waals surface area contributed by atoms with Gasteiger partial charge in [0.25, 0.3) is 5.78 Å². The summed E-state index contributed by atoms with van der Waals surface area (Å²) < 4.78 is 12.3. The van der Waals surface area contributed by atoms with Crippen LogP contribution in [-0.2, 0) is 11.3 Å². The molecule has 132 valence electrons. The molecule has 4 aromatic heterocycles. The molecule has 0 aliphatic rings. The molecule has 8 nitrogen and oxygen atoms in total. The van der Waals surface area contributed by atoms with Crippen molar-refractivity contribution in [3.05, 3.63) is 53.3 Å². The van der Waals surface area contributed by atoms with Gasteiger partial charge in [0.15, 0.2) is 10.8 Å². The van der Waals surface area contributed by atoms with E-state index in [0.29, 0.717) is 28.5 Å². The largest absolute Gasteiger partial charge is 0.462 e. The zero-order chi connectivity index (χ0) is 18.1. The Hall–Kier alpha value is -3.07. The highest BCUT2D eigenvalue weighted by Gasteiger charge is 2.21. The van der Waals surface area contributed by atoms with Gasteiger partial charge >= 0.3 is 5.97 Å². The van der Waals surface area contributed by atoms with Gasteiger partial charge in [0.2, 0.25) is 0 Å². The van der Waals surface area contributed by atoms with Crippen LogP contribution in [0.3, 0.4) is 0 Å².